The highest BCUT2D eigenvalue weighted by molar-refractivity contribution is 9.10. The molecule has 6 aliphatic carbocycles. The van der Waals surface area contributed by atoms with Gasteiger partial charge in [-0.05, 0) is 229 Å². The molecule has 0 radical (unpaired) electrons. The van der Waals surface area contributed by atoms with E-state index < -0.39 is 18.2 Å². The fraction of sp³-hybridized carbons (Fsp3) is 0.111. The van der Waals surface area contributed by atoms with E-state index in [4.69, 9.17) is 5.48 Å². The van der Waals surface area contributed by atoms with Gasteiger partial charge in [0, 0.05) is 54.7 Å². The van der Waals surface area contributed by atoms with Crippen molar-refractivity contribution in [2.75, 3.05) is 10.2 Å². The Morgan fingerprint density at radius 2 is 0.568 bits per heavy atom. The van der Waals surface area contributed by atoms with Crippen LogP contribution in [-0.2, 0) is 34.4 Å². The van der Waals surface area contributed by atoms with Crippen LogP contribution in [0.3, 0.4) is 0 Å². The molecule has 0 saturated heterocycles. The Hall–Kier alpha value is -12.4. The maximum atomic E-state index is 8.35. The van der Waals surface area contributed by atoms with Crippen LogP contribution in [-0.4, -0.2) is 0 Å². The molecule has 0 atom stereocenters. The summed E-state index contributed by atoms with van der Waals surface area (Å²) in [5, 5.41) is 3.64. The zero-order valence-corrected chi connectivity index (χ0v) is 64.6. The van der Waals surface area contributed by atoms with Crippen LogP contribution in [0.5, 0.6) is 0 Å². The number of hydrogen-bond donors (Lipinski definition) is 1. The maximum absolute atomic E-state index is 8.35. The van der Waals surface area contributed by atoms with Crippen LogP contribution in [0, 0.1) is 0 Å². The van der Waals surface area contributed by atoms with Crippen molar-refractivity contribution in [1.29, 1.82) is 0 Å². The molecule has 0 heterocycles. The molecule has 2 nitrogen and oxygen atoms in total. The second-order valence-corrected chi connectivity index (χ2v) is 32.1. The molecule has 22 rings (SSSR count). The van der Waals surface area contributed by atoms with Crippen LogP contribution in [0.15, 0.2) is 368 Å². The highest BCUT2D eigenvalue weighted by Crippen LogP contribution is 2.66. The molecule has 3 heteroatoms. The van der Waals surface area contributed by atoms with Crippen molar-refractivity contribution in [2.45, 2.75) is 75.9 Å². The quantitative estimate of drug-likeness (QED) is 0.155. The minimum atomic E-state index is -1.42. The van der Waals surface area contributed by atoms with Crippen LogP contribution >= 0.6 is 15.9 Å². The first kappa shape index (κ1) is 63.5. The number of nitrogens with one attached hydrogen (secondary N) is 1. The Morgan fingerprint density at radius 3 is 0.991 bits per heavy atom. The minimum absolute atomic E-state index is 0.0296. The SMILES string of the molecule is Brc1ccc2c(c1)C1(c3ccccc3-c3ccccc31)c1ccccc1-2.[2H]C([2H])(C)c1ccc(-c2ccccc2N(c2ccc3c(c2)C(C)(C)c2ccccc2-3)c2ccc3c(c2)C2(c4ccccc4-c4ccccc42)c2ccccc2-3)cc1.[2H]C([2H])(C)c1ccc(-c2ccccc2Nc2ccc3c(c2)C(C)(C)c2ccccc2-3)cc1. The molecule has 532 valence electrons. The van der Waals surface area contributed by atoms with Crippen LogP contribution in [0.2, 0.25) is 0 Å². The second-order valence-electron chi connectivity index (χ2n) is 31.2. The van der Waals surface area contributed by atoms with E-state index in [1.165, 1.54) is 134 Å². The number of halogens is 1. The normalized spacial score (nSPS) is 15.1. The molecule has 6 aliphatic rings. The van der Waals surface area contributed by atoms with Gasteiger partial charge in [-0.1, -0.05) is 361 Å². The highest BCUT2D eigenvalue weighted by atomic mass is 79.9. The standard InChI is InChI=1S/C54H41N.C29H27N.C25H15Br/c1-4-35-25-27-36(28-26-35)39-15-9-14-24-52(39)55(37-29-31-44-40-16-5-10-20-46(40)53(2,3)50(44)33-37)38-30-32-45-43-19-8-13-23-49(43)54(51(45)34-38)47-21-11-6-17-41(47)42-18-7-12-22-48(42)54;1-4-20-13-15-21(16-14-20)23-9-6-8-12-28(23)30-22-17-18-25-24-10-5-7-11-26(24)29(2,3)27(25)19-22;26-16-13-14-20-19-9-3-6-12-23(19)25(24(20)15-16)21-10-4-1-7-17(21)18-8-2-5-11-22(18)25/h5-34H,4H2,1-3H3;5-19,30H,4H2,1-3H3;1-15H/i2*4D2;. The van der Waals surface area contributed by atoms with Crippen LogP contribution in [0.25, 0.3) is 89.0 Å². The summed E-state index contributed by atoms with van der Waals surface area (Å²) in [6.45, 7) is 12.5. The predicted molar refractivity (Wildman–Crippen MR) is 469 cm³/mol. The Balaban J connectivity index is 0.000000124. The molecule has 0 bridgehead atoms. The zero-order chi connectivity index (χ0) is 78.5. The highest BCUT2D eigenvalue weighted by Gasteiger charge is 2.53. The van der Waals surface area contributed by atoms with Crippen LogP contribution < -0.4 is 10.2 Å². The van der Waals surface area contributed by atoms with Gasteiger partial charge >= 0.3 is 0 Å². The Bertz CT molecular complexity index is 6510. The number of aryl methyl sites for hydroxylation is 2. The van der Waals surface area contributed by atoms with Gasteiger partial charge in [-0.25, -0.2) is 0 Å². The van der Waals surface area contributed by atoms with Crippen LogP contribution in [0.1, 0.15) is 125 Å². The van der Waals surface area contributed by atoms with E-state index in [-0.39, 0.29) is 16.2 Å². The molecule has 0 unspecified atom stereocenters. The summed E-state index contributed by atoms with van der Waals surface area (Å²) >= 11 is 3.72. The molecule has 16 aromatic rings. The van der Waals surface area contributed by atoms with Gasteiger partial charge in [0.05, 0.1) is 16.5 Å². The number of hydrogen-bond acceptors (Lipinski definition) is 2. The van der Waals surface area contributed by atoms with Gasteiger partial charge in [0.15, 0.2) is 0 Å². The third-order valence-electron chi connectivity index (χ3n) is 24.9. The first-order chi connectivity index (χ1) is 55.7. The average molecular weight is 1490 g/mol. The fourth-order valence-corrected chi connectivity index (χ4v) is 20.2. The molecular formula is C108H83BrN2. The van der Waals surface area contributed by atoms with Gasteiger partial charge in [-0.2, -0.15) is 0 Å². The lowest BCUT2D eigenvalue weighted by Gasteiger charge is -2.33. The van der Waals surface area contributed by atoms with E-state index in [1.54, 1.807) is 13.8 Å². The van der Waals surface area contributed by atoms with Gasteiger partial charge in [0.2, 0.25) is 0 Å². The third kappa shape index (κ3) is 10.3. The molecule has 0 fully saturated rings. The summed E-state index contributed by atoms with van der Waals surface area (Å²) in [7, 11) is 0. The Morgan fingerprint density at radius 1 is 0.270 bits per heavy atom. The van der Waals surface area contributed by atoms with E-state index in [0.717, 1.165) is 55.2 Å². The maximum Gasteiger partial charge on any atom is 0.0726 e. The molecule has 0 saturated carbocycles. The molecule has 1 N–H and O–H groups in total. The Kier molecular flexibility index (Phi) is 15.1. The van der Waals surface area contributed by atoms with Gasteiger partial charge < -0.3 is 10.2 Å². The van der Waals surface area contributed by atoms with E-state index >= 15 is 0 Å². The number of benzene rings is 16. The first-order valence-corrected chi connectivity index (χ1v) is 39.5. The number of anilines is 5. The van der Waals surface area contributed by atoms with E-state index in [2.05, 4.69) is 369 Å². The van der Waals surface area contributed by atoms with Gasteiger partial charge in [0.25, 0.3) is 0 Å². The molecule has 2 spiro atoms. The molecule has 16 aromatic carbocycles. The predicted octanol–water partition coefficient (Wildman–Crippen LogP) is 28.8. The topological polar surface area (TPSA) is 15.3 Å². The summed E-state index contributed by atoms with van der Waals surface area (Å²) in [6, 6.07) is 131. The van der Waals surface area contributed by atoms with Crippen molar-refractivity contribution in [1.82, 2.24) is 0 Å². The van der Waals surface area contributed by atoms with E-state index in [0.29, 0.717) is 11.1 Å². The summed E-state index contributed by atoms with van der Waals surface area (Å²) < 4.78 is 33.7. The number of para-hydroxylation sites is 2. The smallest absolute Gasteiger partial charge is 0.0726 e. The first-order valence-electron chi connectivity index (χ1n) is 40.7. The van der Waals surface area contributed by atoms with Crippen LogP contribution in [0.4, 0.5) is 28.4 Å². The zero-order valence-electron chi connectivity index (χ0n) is 67.0. The minimum Gasteiger partial charge on any atom is -0.355 e. The average Bonchev–Trinajstić information content (AvgIpc) is 1.51. The van der Waals surface area contributed by atoms with Crippen molar-refractivity contribution in [2.24, 2.45) is 0 Å². The van der Waals surface area contributed by atoms with Crippen molar-refractivity contribution < 1.29 is 5.48 Å². The lowest BCUT2D eigenvalue weighted by Crippen LogP contribution is -2.26. The molecule has 111 heavy (non-hydrogen) atoms. The number of nitrogens with zero attached hydrogens (tertiary/aromatic N) is 1. The summed E-state index contributed by atoms with van der Waals surface area (Å²) in [5.74, 6) is 0. The molecule has 0 amide bonds. The summed E-state index contributed by atoms with van der Waals surface area (Å²) in [6.07, 6.45) is -2.76. The van der Waals surface area contributed by atoms with Crippen molar-refractivity contribution >= 4 is 44.4 Å². The van der Waals surface area contributed by atoms with E-state index in [1.807, 2.05) is 48.5 Å². The van der Waals surface area contributed by atoms with Crippen molar-refractivity contribution in [3.8, 4) is 89.0 Å². The third-order valence-corrected chi connectivity index (χ3v) is 25.4. The molecular weight excluding hydrogens is 1410 g/mol. The summed E-state index contributed by atoms with van der Waals surface area (Å²) in [4.78, 5) is 2.45. The van der Waals surface area contributed by atoms with Gasteiger partial charge in [-0.3, -0.25) is 0 Å². The lowest BCUT2D eigenvalue weighted by molar-refractivity contribution is 0.660. The summed E-state index contributed by atoms with van der Waals surface area (Å²) in [5.41, 5.74) is 42.1. The van der Waals surface area contributed by atoms with Crippen molar-refractivity contribution in [3.05, 3.63) is 446 Å². The second kappa shape index (κ2) is 26.4. The van der Waals surface area contributed by atoms with Gasteiger partial charge in [-0.15, -0.1) is 0 Å². The number of fused-ring (bicyclic) bond motifs is 26. The number of rotatable bonds is 9. The lowest BCUT2D eigenvalue weighted by atomic mass is 9.70. The fourth-order valence-electron chi connectivity index (χ4n) is 19.9. The Labute approximate surface area is 666 Å². The van der Waals surface area contributed by atoms with E-state index in [9.17, 15) is 0 Å². The van der Waals surface area contributed by atoms with Gasteiger partial charge in [0.1, 0.15) is 0 Å². The largest absolute Gasteiger partial charge is 0.355 e. The van der Waals surface area contributed by atoms with Crippen molar-refractivity contribution in [3.63, 3.8) is 0 Å². The molecule has 0 aliphatic heterocycles. The monoisotopic (exact) mass is 1490 g/mol. The molecule has 0 aromatic heterocycles.